The highest BCUT2D eigenvalue weighted by Crippen LogP contribution is 2.34. The molecule has 1 atom stereocenters. The molecule has 2 rings (SSSR count). The maximum Gasteiger partial charge on any atom is 0.315 e. The van der Waals surface area contributed by atoms with Crippen molar-refractivity contribution in [2.24, 2.45) is 5.73 Å². The van der Waals surface area contributed by atoms with E-state index in [1.807, 2.05) is 6.92 Å². The van der Waals surface area contributed by atoms with Gasteiger partial charge in [-0.25, -0.2) is 0 Å². The first kappa shape index (κ1) is 9.45. The summed E-state index contributed by atoms with van der Waals surface area (Å²) in [5.74, 6) is 0.482. The van der Waals surface area contributed by atoms with Crippen molar-refractivity contribution in [3.05, 3.63) is 5.89 Å². The minimum absolute atomic E-state index is 0.141. The van der Waals surface area contributed by atoms with Crippen molar-refractivity contribution in [3.63, 3.8) is 0 Å². The Morgan fingerprint density at radius 2 is 2.21 bits per heavy atom. The quantitative estimate of drug-likeness (QED) is 0.765. The number of anilines is 1. The molecule has 0 aromatic carbocycles. The smallest absolute Gasteiger partial charge is 0.315 e. The van der Waals surface area contributed by atoms with Crippen molar-refractivity contribution >= 4 is 6.01 Å². The Hall–Kier alpha value is -1.10. The molecule has 78 valence electrons. The zero-order chi connectivity index (χ0) is 10.2. The molecule has 1 saturated carbocycles. The second-order valence-corrected chi connectivity index (χ2v) is 4.27. The van der Waals surface area contributed by atoms with E-state index in [0.717, 1.165) is 12.8 Å². The monoisotopic (exact) mass is 196 g/mol. The molecular weight excluding hydrogens is 180 g/mol. The molecule has 1 aromatic heterocycles. The lowest BCUT2D eigenvalue weighted by Gasteiger charge is -2.38. The zero-order valence-electron chi connectivity index (χ0n) is 8.58. The van der Waals surface area contributed by atoms with Crippen molar-refractivity contribution in [1.29, 1.82) is 0 Å². The van der Waals surface area contributed by atoms with Gasteiger partial charge in [0.25, 0.3) is 0 Å². The average molecular weight is 196 g/mol. The molecule has 1 fully saturated rings. The van der Waals surface area contributed by atoms with Crippen molar-refractivity contribution in [3.8, 4) is 0 Å². The van der Waals surface area contributed by atoms with E-state index in [1.165, 1.54) is 6.42 Å². The first-order valence-corrected chi connectivity index (χ1v) is 4.96. The van der Waals surface area contributed by atoms with E-state index in [9.17, 15) is 0 Å². The van der Waals surface area contributed by atoms with Gasteiger partial charge in [0.1, 0.15) is 0 Å². The second-order valence-electron chi connectivity index (χ2n) is 4.27. The van der Waals surface area contributed by atoms with Gasteiger partial charge in [-0.1, -0.05) is 5.10 Å². The van der Waals surface area contributed by atoms with Crippen LogP contribution in [0.1, 0.15) is 45.0 Å². The van der Waals surface area contributed by atoms with E-state index in [-0.39, 0.29) is 11.6 Å². The van der Waals surface area contributed by atoms with Crippen LogP contribution >= 0.6 is 0 Å². The Morgan fingerprint density at radius 1 is 1.50 bits per heavy atom. The molecule has 0 bridgehead atoms. The predicted molar refractivity (Wildman–Crippen MR) is 52.8 cm³/mol. The summed E-state index contributed by atoms with van der Waals surface area (Å²) in [7, 11) is 0. The number of rotatable bonds is 3. The second kappa shape index (κ2) is 3.24. The first-order valence-electron chi connectivity index (χ1n) is 4.96. The maximum atomic E-state index is 5.61. The fraction of sp³-hybridized carbons (Fsp3) is 0.778. The normalized spacial score (nSPS) is 21.4. The molecule has 0 saturated heterocycles. The Labute approximate surface area is 83.1 Å². The van der Waals surface area contributed by atoms with Gasteiger partial charge in [0, 0.05) is 5.54 Å². The molecule has 0 amide bonds. The lowest BCUT2D eigenvalue weighted by Crippen LogP contribution is -2.41. The van der Waals surface area contributed by atoms with E-state index in [1.54, 1.807) is 0 Å². The number of nitrogens with one attached hydrogen (secondary N) is 1. The fourth-order valence-corrected chi connectivity index (χ4v) is 1.56. The van der Waals surface area contributed by atoms with Gasteiger partial charge in [-0.2, -0.15) is 0 Å². The van der Waals surface area contributed by atoms with Gasteiger partial charge < -0.3 is 15.5 Å². The maximum absolute atomic E-state index is 5.61. The summed E-state index contributed by atoms with van der Waals surface area (Å²) in [6.45, 7) is 3.98. The van der Waals surface area contributed by atoms with E-state index in [2.05, 4.69) is 22.4 Å². The summed E-state index contributed by atoms with van der Waals surface area (Å²) >= 11 is 0. The summed E-state index contributed by atoms with van der Waals surface area (Å²) in [6.07, 6.45) is 3.57. The Morgan fingerprint density at radius 3 is 2.64 bits per heavy atom. The van der Waals surface area contributed by atoms with Crippen LogP contribution in [0, 0.1) is 0 Å². The molecule has 0 spiro atoms. The number of hydrogen-bond acceptors (Lipinski definition) is 5. The molecule has 1 heterocycles. The minimum atomic E-state index is -0.202. The Kier molecular flexibility index (Phi) is 2.19. The predicted octanol–water partition coefficient (Wildman–Crippen LogP) is 1.44. The molecular formula is C9H16N4O. The van der Waals surface area contributed by atoms with Gasteiger partial charge in [-0.15, -0.1) is 5.10 Å². The van der Waals surface area contributed by atoms with Crippen molar-refractivity contribution in [1.82, 2.24) is 10.2 Å². The lowest BCUT2D eigenvalue weighted by atomic mass is 9.79. The van der Waals surface area contributed by atoms with Crippen LogP contribution < -0.4 is 11.1 Å². The molecule has 14 heavy (non-hydrogen) atoms. The highest BCUT2D eigenvalue weighted by molar-refractivity contribution is 5.25. The standard InChI is InChI=1S/C9H16N4O/c1-6(10)7-12-13-8(14-7)11-9(2)4-3-5-9/h6H,3-5,10H2,1-2H3,(H,11,13). The van der Waals surface area contributed by atoms with Crippen LogP contribution in [0.2, 0.25) is 0 Å². The minimum Gasteiger partial charge on any atom is -0.406 e. The van der Waals surface area contributed by atoms with Gasteiger partial charge in [0.2, 0.25) is 5.89 Å². The third-order valence-electron chi connectivity index (χ3n) is 2.70. The van der Waals surface area contributed by atoms with Gasteiger partial charge in [-0.05, 0) is 33.1 Å². The van der Waals surface area contributed by atoms with Crippen molar-refractivity contribution in [2.45, 2.75) is 44.7 Å². The highest BCUT2D eigenvalue weighted by Gasteiger charge is 2.33. The van der Waals surface area contributed by atoms with E-state index >= 15 is 0 Å². The molecule has 1 aromatic rings. The van der Waals surface area contributed by atoms with Crippen LogP contribution in [0.15, 0.2) is 4.42 Å². The largest absolute Gasteiger partial charge is 0.406 e. The van der Waals surface area contributed by atoms with Crippen LogP contribution in [0.4, 0.5) is 6.01 Å². The van der Waals surface area contributed by atoms with Crippen LogP contribution in [-0.2, 0) is 0 Å². The lowest BCUT2D eigenvalue weighted by molar-refractivity contribution is 0.296. The number of nitrogens with zero attached hydrogens (tertiary/aromatic N) is 2. The van der Waals surface area contributed by atoms with E-state index in [0.29, 0.717) is 11.9 Å². The Balaban J connectivity index is 2.02. The topological polar surface area (TPSA) is 77.0 Å². The summed E-state index contributed by atoms with van der Waals surface area (Å²) in [5, 5.41) is 11.0. The fourth-order valence-electron chi connectivity index (χ4n) is 1.56. The summed E-state index contributed by atoms with van der Waals surface area (Å²) in [5.41, 5.74) is 5.75. The van der Waals surface area contributed by atoms with Gasteiger partial charge in [-0.3, -0.25) is 0 Å². The molecule has 1 unspecified atom stereocenters. The molecule has 5 heteroatoms. The van der Waals surface area contributed by atoms with Crippen LogP contribution in [0.3, 0.4) is 0 Å². The molecule has 5 nitrogen and oxygen atoms in total. The van der Waals surface area contributed by atoms with Crippen LogP contribution in [0.25, 0.3) is 0 Å². The van der Waals surface area contributed by atoms with Gasteiger partial charge in [0.05, 0.1) is 6.04 Å². The number of nitrogens with two attached hydrogens (primary N) is 1. The highest BCUT2D eigenvalue weighted by atomic mass is 16.4. The van der Waals surface area contributed by atoms with Crippen LogP contribution in [0.5, 0.6) is 0 Å². The summed E-state index contributed by atoms with van der Waals surface area (Å²) in [4.78, 5) is 0. The third kappa shape index (κ3) is 1.72. The zero-order valence-corrected chi connectivity index (χ0v) is 8.58. The number of hydrogen-bond donors (Lipinski definition) is 2. The van der Waals surface area contributed by atoms with Gasteiger partial charge in [0.15, 0.2) is 0 Å². The van der Waals surface area contributed by atoms with Gasteiger partial charge >= 0.3 is 6.01 Å². The molecule has 0 radical (unpaired) electrons. The molecule has 3 N–H and O–H groups in total. The van der Waals surface area contributed by atoms with E-state index < -0.39 is 0 Å². The van der Waals surface area contributed by atoms with Crippen LogP contribution in [-0.4, -0.2) is 15.7 Å². The molecule has 0 aliphatic heterocycles. The Bertz CT molecular complexity index is 316. The third-order valence-corrected chi connectivity index (χ3v) is 2.70. The van der Waals surface area contributed by atoms with Crippen molar-refractivity contribution in [2.75, 3.05) is 5.32 Å². The SMILES string of the molecule is CC(N)c1nnc(NC2(C)CCC2)o1. The van der Waals surface area contributed by atoms with Crippen molar-refractivity contribution < 1.29 is 4.42 Å². The summed E-state index contributed by atoms with van der Waals surface area (Å²) < 4.78 is 5.36. The van der Waals surface area contributed by atoms with E-state index in [4.69, 9.17) is 10.2 Å². The molecule has 1 aliphatic rings. The average Bonchev–Trinajstić information content (AvgIpc) is 2.50. The first-order chi connectivity index (χ1) is 6.59. The summed E-state index contributed by atoms with van der Waals surface area (Å²) in [6, 6.07) is 0.284. The number of aromatic nitrogens is 2. The molecule has 1 aliphatic carbocycles.